The lowest BCUT2D eigenvalue weighted by Gasteiger charge is -2.29. The lowest BCUT2D eigenvalue weighted by Crippen LogP contribution is -2.40. The van der Waals surface area contributed by atoms with Crippen molar-refractivity contribution in [2.75, 3.05) is 13.1 Å². The van der Waals surface area contributed by atoms with E-state index in [4.69, 9.17) is 0 Å². The molecule has 3 atom stereocenters. The second-order valence-electron chi connectivity index (χ2n) is 6.64. The van der Waals surface area contributed by atoms with Gasteiger partial charge >= 0.3 is 0 Å². The van der Waals surface area contributed by atoms with Crippen LogP contribution in [0.4, 0.5) is 4.39 Å². The highest BCUT2D eigenvalue weighted by atomic mass is 19.1. The van der Waals surface area contributed by atoms with E-state index in [-0.39, 0.29) is 0 Å². The topological polar surface area (TPSA) is 12.0 Å². The molecule has 1 saturated heterocycles. The zero-order valence-electron chi connectivity index (χ0n) is 9.92. The summed E-state index contributed by atoms with van der Waals surface area (Å²) in [7, 11) is 0. The molecule has 16 heavy (non-hydrogen) atoms. The summed E-state index contributed by atoms with van der Waals surface area (Å²) < 4.78 is 14.0. The third kappa shape index (κ3) is 1.10. The van der Waals surface area contributed by atoms with Crippen molar-refractivity contribution in [1.29, 1.82) is 0 Å². The van der Waals surface area contributed by atoms with E-state index in [1.54, 1.807) is 0 Å². The molecule has 1 aliphatic heterocycles. The molecular weight excluding hydrogens is 201 g/mol. The first kappa shape index (κ1) is 9.87. The van der Waals surface area contributed by atoms with Crippen molar-refractivity contribution in [1.82, 2.24) is 5.32 Å². The minimum absolute atomic E-state index is 0.405. The van der Waals surface area contributed by atoms with Crippen molar-refractivity contribution < 1.29 is 4.39 Å². The van der Waals surface area contributed by atoms with Crippen LogP contribution >= 0.6 is 0 Å². The predicted molar refractivity (Wildman–Crippen MR) is 61.9 cm³/mol. The Hall–Kier alpha value is -0.110. The van der Waals surface area contributed by atoms with E-state index < -0.39 is 6.17 Å². The molecule has 0 aromatic rings. The number of alkyl halides is 1. The quantitative estimate of drug-likeness (QED) is 0.721. The van der Waals surface area contributed by atoms with E-state index in [1.165, 1.54) is 32.1 Å². The van der Waals surface area contributed by atoms with E-state index in [1.807, 2.05) is 0 Å². The summed E-state index contributed by atoms with van der Waals surface area (Å²) in [5.41, 5.74) is 0.659. The van der Waals surface area contributed by atoms with Crippen molar-refractivity contribution in [3.05, 3.63) is 0 Å². The summed E-state index contributed by atoms with van der Waals surface area (Å²) >= 11 is 0. The summed E-state index contributed by atoms with van der Waals surface area (Å²) in [5, 5.41) is 3.19. The van der Waals surface area contributed by atoms with Crippen molar-refractivity contribution in [3.63, 3.8) is 0 Å². The molecule has 0 aromatic heterocycles. The summed E-state index contributed by atoms with van der Waals surface area (Å²) in [6, 6.07) is 0. The highest BCUT2D eigenvalue weighted by Gasteiger charge is 2.69. The van der Waals surface area contributed by atoms with E-state index in [0.29, 0.717) is 17.9 Å². The Balaban J connectivity index is 1.55. The van der Waals surface area contributed by atoms with Crippen molar-refractivity contribution in [3.8, 4) is 0 Å². The third-order valence-corrected chi connectivity index (χ3v) is 6.33. The minimum atomic E-state index is -0.557. The molecule has 3 saturated carbocycles. The van der Waals surface area contributed by atoms with Gasteiger partial charge in [-0.1, -0.05) is 0 Å². The van der Waals surface area contributed by atoms with E-state index in [9.17, 15) is 4.39 Å². The molecular formula is C14H22FN. The maximum absolute atomic E-state index is 14.0. The van der Waals surface area contributed by atoms with Crippen LogP contribution < -0.4 is 5.32 Å². The number of rotatable bonds is 1. The van der Waals surface area contributed by atoms with E-state index >= 15 is 0 Å². The molecule has 90 valence electrons. The Morgan fingerprint density at radius 1 is 1.00 bits per heavy atom. The molecule has 4 fully saturated rings. The molecule has 2 heteroatoms. The molecule has 3 aliphatic carbocycles. The molecule has 1 spiro atoms. The Labute approximate surface area is 97.2 Å². The van der Waals surface area contributed by atoms with E-state index in [0.717, 1.165) is 30.7 Å². The predicted octanol–water partition coefficient (Wildman–Crippen LogP) is 2.76. The van der Waals surface area contributed by atoms with Gasteiger partial charge in [0.2, 0.25) is 0 Å². The Morgan fingerprint density at radius 3 is 2.31 bits per heavy atom. The van der Waals surface area contributed by atoms with Crippen LogP contribution in [0.3, 0.4) is 0 Å². The number of nitrogens with one attached hydrogen (secondary N) is 1. The largest absolute Gasteiger partial charge is 0.314 e. The zero-order valence-corrected chi connectivity index (χ0v) is 9.92. The van der Waals surface area contributed by atoms with Gasteiger partial charge in [0.1, 0.15) is 6.17 Å². The normalized spacial score (nSPS) is 59.4. The van der Waals surface area contributed by atoms with Gasteiger partial charge in [-0.25, -0.2) is 4.39 Å². The summed E-state index contributed by atoms with van der Waals surface area (Å²) in [4.78, 5) is 0. The molecule has 0 amide bonds. The van der Waals surface area contributed by atoms with Crippen LogP contribution in [0.15, 0.2) is 0 Å². The molecule has 0 radical (unpaired) electrons. The Bertz CT molecular complexity index is 283. The number of hydrogen-bond donors (Lipinski definition) is 1. The monoisotopic (exact) mass is 223 g/mol. The van der Waals surface area contributed by atoms with Gasteiger partial charge in [0.15, 0.2) is 0 Å². The second-order valence-corrected chi connectivity index (χ2v) is 6.64. The van der Waals surface area contributed by atoms with Crippen molar-refractivity contribution in [2.45, 2.75) is 44.7 Å². The van der Waals surface area contributed by atoms with Crippen molar-refractivity contribution >= 4 is 0 Å². The maximum Gasteiger partial charge on any atom is 0.116 e. The first-order valence-electron chi connectivity index (χ1n) is 7.17. The molecule has 4 aliphatic rings. The lowest BCUT2D eigenvalue weighted by atomic mass is 9.82. The number of piperidine rings is 1. The number of halogens is 1. The maximum atomic E-state index is 14.0. The molecule has 0 aromatic carbocycles. The molecule has 1 heterocycles. The van der Waals surface area contributed by atoms with Crippen LogP contribution in [-0.2, 0) is 0 Å². The van der Waals surface area contributed by atoms with Crippen LogP contribution in [0, 0.1) is 29.1 Å². The van der Waals surface area contributed by atoms with Crippen LogP contribution in [0.1, 0.15) is 38.5 Å². The molecule has 1 nitrogen and oxygen atoms in total. The van der Waals surface area contributed by atoms with E-state index in [2.05, 4.69) is 5.32 Å². The highest BCUT2D eigenvalue weighted by Crippen LogP contribution is 2.76. The zero-order chi connectivity index (χ0) is 10.8. The van der Waals surface area contributed by atoms with Gasteiger partial charge in [0.05, 0.1) is 0 Å². The van der Waals surface area contributed by atoms with Crippen LogP contribution in [-0.4, -0.2) is 19.3 Å². The van der Waals surface area contributed by atoms with Gasteiger partial charge in [-0.2, -0.15) is 0 Å². The van der Waals surface area contributed by atoms with Crippen LogP contribution in [0.25, 0.3) is 0 Å². The standard InChI is InChI=1S/C14H22FN/c15-13-8-16-6-5-11(13)12-7-14(12)9-1-2-10(14)4-3-9/h9-13,16H,1-8H2/t9?,10?,11-,12?,13+,14?/m0/s1. The highest BCUT2D eigenvalue weighted by molar-refractivity contribution is 5.18. The van der Waals surface area contributed by atoms with Gasteiger partial charge in [0, 0.05) is 6.54 Å². The van der Waals surface area contributed by atoms with Gasteiger partial charge < -0.3 is 5.32 Å². The summed E-state index contributed by atoms with van der Waals surface area (Å²) in [6.45, 7) is 1.67. The minimum Gasteiger partial charge on any atom is -0.314 e. The van der Waals surface area contributed by atoms with Crippen molar-refractivity contribution in [2.24, 2.45) is 29.1 Å². The van der Waals surface area contributed by atoms with Gasteiger partial charge in [-0.05, 0) is 74.2 Å². The van der Waals surface area contributed by atoms with Crippen LogP contribution in [0.2, 0.25) is 0 Å². The van der Waals surface area contributed by atoms with Gasteiger partial charge in [-0.15, -0.1) is 0 Å². The van der Waals surface area contributed by atoms with Gasteiger partial charge in [-0.3, -0.25) is 0 Å². The average Bonchev–Trinajstić information content (AvgIpc) is 2.85. The first-order chi connectivity index (χ1) is 7.82. The summed E-state index contributed by atoms with van der Waals surface area (Å²) in [5.74, 6) is 3.15. The van der Waals surface area contributed by atoms with Crippen LogP contribution in [0.5, 0.6) is 0 Å². The van der Waals surface area contributed by atoms with Gasteiger partial charge in [0.25, 0.3) is 0 Å². The lowest BCUT2D eigenvalue weighted by molar-refractivity contribution is 0.135. The molecule has 1 N–H and O–H groups in total. The smallest absolute Gasteiger partial charge is 0.116 e. The third-order valence-electron chi connectivity index (χ3n) is 6.33. The SMILES string of the molecule is F[C@@H]1CNCC[C@H]1C1CC12C1CCC2CC1. The second kappa shape index (κ2) is 3.22. The Morgan fingerprint density at radius 2 is 1.69 bits per heavy atom. The summed E-state index contributed by atoms with van der Waals surface area (Å²) in [6.07, 6.45) is 7.76. The average molecular weight is 223 g/mol. The fraction of sp³-hybridized carbons (Fsp3) is 1.00. The fourth-order valence-corrected chi connectivity index (χ4v) is 5.61. The molecule has 1 unspecified atom stereocenters. The Kier molecular flexibility index (Phi) is 1.98. The number of hydrogen-bond acceptors (Lipinski definition) is 1. The fourth-order valence-electron chi connectivity index (χ4n) is 5.61. The molecule has 2 bridgehead atoms. The molecule has 4 rings (SSSR count). The first-order valence-corrected chi connectivity index (χ1v) is 7.17.